The summed E-state index contributed by atoms with van der Waals surface area (Å²) in [5.41, 5.74) is 4.48. The van der Waals surface area contributed by atoms with Crippen LogP contribution in [-0.4, -0.2) is 97.8 Å². The van der Waals surface area contributed by atoms with E-state index in [-0.39, 0.29) is 12.5 Å². The van der Waals surface area contributed by atoms with Gasteiger partial charge in [0.1, 0.15) is 31.0 Å². The van der Waals surface area contributed by atoms with Crippen LogP contribution in [0.15, 0.2) is 78.9 Å². The third-order valence-electron chi connectivity index (χ3n) is 8.82. The van der Waals surface area contributed by atoms with E-state index in [2.05, 4.69) is 10.6 Å². The fraction of sp³-hybridized carbons (Fsp3) is 0.405. The second kappa shape index (κ2) is 15.1. The van der Waals surface area contributed by atoms with Crippen LogP contribution in [0, 0.1) is 0 Å². The Kier molecular flexibility index (Phi) is 10.6. The third kappa shape index (κ3) is 7.72. The normalized spacial score (nSPS) is 23.9. The van der Waals surface area contributed by atoms with Crippen LogP contribution in [0.3, 0.4) is 0 Å². The first-order chi connectivity index (χ1) is 24.0. The van der Waals surface area contributed by atoms with Gasteiger partial charge in [-0.2, -0.15) is 0 Å². The lowest BCUT2D eigenvalue weighted by molar-refractivity contribution is -0.252. The number of amides is 2. The molecule has 2 aliphatic heterocycles. The van der Waals surface area contributed by atoms with Crippen LogP contribution in [0.1, 0.15) is 48.2 Å². The van der Waals surface area contributed by atoms with Crippen molar-refractivity contribution >= 4 is 23.8 Å². The quantitative estimate of drug-likeness (QED) is 0.189. The highest BCUT2D eigenvalue weighted by Crippen LogP contribution is 2.44. The molecule has 0 spiro atoms. The fourth-order valence-electron chi connectivity index (χ4n) is 6.63. The lowest BCUT2D eigenvalue weighted by Crippen LogP contribution is -2.64. The number of nitrogens with one attached hydrogen (secondary N) is 2. The van der Waals surface area contributed by atoms with E-state index in [1.165, 1.54) is 6.92 Å². The van der Waals surface area contributed by atoms with Crippen LogP contribution in [0.25, 0.3) is 11.1 Å². The number of ether oxygens (including phenoxy) is 6. The van der Waals surface area contributed by atoms with E-state index >= 15 is 0 Å². The second-order valence-electron chi connectivity index (χ2n) is 12.8. The number of Topliss-reactive ketones (excluding diaryl/α,β-unsaturated/α-hetero) is 1. The summed E-state index contributed by atoms with van der Waals surface area (Å²) in [6.07, 6.45) is -4.54. The van der Waals surface area contributed by atoms with E-state index in [0.717, 1.165) is 22.3 Å². The number of fused-ring (bicyclic) bond motifs is 4. The van der Waals surface area contributed by atoms with Gasteiger partial charge in [-0.15, -0.1) is 0 Å². The molecule has 2 fully saturated rings. The molecule has 3 aromatic rings. The summed E-state index contributed by atoms with van der Waals surface area (Å²) >= 11 is 0. The third-order valence-corrected chi connectivity index (χ3v) is 8.82. The highest BCUT2D eigenvalue weighted by atomic mass is 16.8. The first-order valence-electron chi connectivity index (χ1n) is 16.4. The Labute approximate surface area is 289 Å². The summed E-state index contributed by atoms with van der Waals surface area (Å²) < 4.78 is 35.0. The van der Waals surface area contributed by atoms with E-state index in [1.807, 2.05) is 48.5 Å². The Hall–Kier alpha value is -4.66. The molecule has 0 bridgehead atoms. The van der Waals surface area contributed by atoms with E-state index in [9.17, 15) is 24.3 Å². The molecule has 2 saturated heterocycles. The predicted octanol–water partition coefficient (Wildman–Crippen LogP) is 3.08. The molecule has 0 aromatic heterocycles. The van der Waals surface area contributed by atoms with E-state index < -0.39 is 86.0 Å². The molecule has 1 aliphatic carbocycles. The molecule has 264 valence electrons. The second-order valence-corrected chi connectivity index (χ2v) is 12.8. The van der Waals surface area contributed by atoms with Gasteiger partial charge in [-0.1, -0.05) is 78.9 Å². The van der Waals surface area contributed by atoms with Crippen molar-refractivity contribution in [3.05, 3.63) is 95.6 Å². The Bertz CT molecular complexity index is 1670. The van der Waals surface area contributed by atoms with Gasteiger partial charge in [0.15, 0.2) is 30.5 Å². The highest BCUT2D eigenvalue weighted by molar-refractivity contribution is 5.98. The largest absolute Gasteiger partial charge is 0.456 e. The van der Waals surface area contributed by atoms with Crippen molar-refractivity contribution in [2.75, 3.05) is 26.4 Å². The first kappa shape index (κ1) is 35.2. The summed E-state index contributed by atoms with van der Waals surface area (Å²) in [5.74, 6) is -3.09. The predicted molar refractivity (Wildman–Crippen MR) is 177 cm³/mol. The van der Waals surface area contributed by atoms with Crippen molar-refractivity contribution in [1.82, 2.24) is 10.6 Å². The summed E-state index contributed by atoms with van der Waals surface area (Å²) in [6, 6.07) is 21.7. The van der Waals surface area contributed by atoms with Gasteiger partial charge in [0.25, 0.3) is 0 Å². The number of rotatable bonds is 12. The maximum atomic E-state index is 13.4. The minimum atomic E-state index is -1.46. The lowest BCUT2D eigenvalue weighted by Gasteiger charge is -2.41. The smallest absolute Gasteiger partial charge is 0.407 e. The molecule has 6 rings (SSSR count). The summed E-state index contributed by atoms with van der Waals surface area (Å²) in [6.45, 7) is 3.15. The molecule has 0 unspecified atom stereocenters. The van der Waals surface area contributed by atoms with Crippen LogP contribution < -0.4 is 10.6 Å². The Balaban J connectivity index is 1.16. The van der Waals surface area contributed by atoms with Crippen LogP contribution in [0.4, 0.5) is 4.79 Å². The number of aliphatic hydroxyl groups is 1. The monoisotopic (exact) mass is 688 g/mol. The maximum Gasteiger partial charge on any atom is 0.407 e. The number of hydrogen-bond donors (Lipinski definition) is 3. The van der Waals surface area contributed by atoms with Crippen molar-refractivity contribution in [2.45, 2.75) is 69.2 Å². The number of benzene rings is 3. The Morgan fingerprint density at radius 3 is 2.12 bits per heavy atom. The number of aliphatic hydroxyl groups excluding tert-OH is 1. The number of hydrogen-bond acceptors (Lipinski definition) is 11. The van der Waals surface area contributed by atoms with Crippen LogP contribution in [0.5, 0.6) is 0 Å². The lowest BCUT2D eigenvalue weighted by atomic mass is 9.97. The van der Waals surface area contributed by atoms with Crippen molar-refractivity contribution in [3.63, 3.8) is 0 Å². The molecule has 50 heavy (non-hydrogen) atoms. The van der Waals surface area contributed by atoms with Gasteiger partial charge in [-0.05, 0) is 36.1 Å². The topological polar surface area (TPSA) is 168 Å². The molecule has 6 atom stereocenters. The van der Waals surface area contributed by atoms with Crippen molar-refractivity contribution in [1.29, 1.82) is 0 Å². The van der Waals surface area contributed by atoms with Gasteiger partial charge >= 0.3 is 12.1 Å². The van der Waals surface area contributed by atoms with Gasteiger partial charge in [-0.25, -0.2) is 9.59 Å². The summed E-state index contributed by atoms with van der Waals surface area (Å²) in [5, 5.41) is 15.4. The number of carbonyl (C=O) groups excluding carboxylic acids is 4. The zero-order valence-electron chi connectivity index (χ0n) is 27.9. The van der Waals surface area contributed by atoms with Crippen molar-refractivity contribution in [2.24, 2.45) is 0 Å². The maximum absolute atomic E-state index is 13.4. The van der Waals surface area contributed by atoms with Gasteiger partial charge in [0.2, 0.25) is 5.91 Å². The van der Waals surface area contributed by atoms with Crippen LogP contribution >= 0.6 is 0 Å². The minimum Gasteiger partial charge on any atom is -0.456 e. The van der Waals surface area contributed by atoms with Gasteiger partial charge in [0, 0.05) is 18.4 Å². The molecule has 2 amide bonds. The van der Waals surface area contributed by atoms with E-state index in [0.29, 0.717) is 5.56 Å². The number of alkyl carbamates (subject to hydrolysis) is 1. The molecule has 0 radical (unpaired) electrons. The Morgan fingerprint density at radius 2 is 1.48 bits per heavy atom. The molecular weight excluding hydrogens is 648 g/mol. The fourth-order valence-corrected chi connectivity index (χ4v) is 6.63. The van der Waals surface area contributed by atoms with Gasteiger partial charge < -0.3 is 44.2 Å². The minimum absolute atomic E-state index is 0.0142. The number of esters is 1. The SMILES string of the molecule is CC(=O)N[C@H]1[C@@H](OC[C@H](NC(=O)OCC2c3ccccc3-c3ccccc32)C(=O)OCC(=O)c2ccccc2)O[C@H](CO)[C@@H]2OC(C)(C)O[C@H]12. The van der Waals surface area contributed by atoms with Crippen molar-refractivity contribution in [3.8, 4) is 11.1 Å². The van der Waals surface area contributed by atoms with Crippen molar-refractivity contribution < 1.29 is 52.7 Å². The molecular formula is C37H40N2O11. The van der Waals surface area contributed by atoms with Gasteiger partial charge in [-0.3, -0.25) is 9.59 Å². The highest BCUT2D eigenvalue weighted by Gasteiger charge is 2.56. The zero-order chi connectivity index (χ0) is 35.4. The summed E-state index contributed by atoms with van der Waals surface area (Å²) in [7, 11) is 0. The van der Waals surface area contributed by atoms with Crippen LogP contribution in [0.2, 0.25) is 0 Å². The number of carbonyl (C=O) groups is 4. The molecule has 13 heteroatoms. The average Bonchev–Trinajstić information content (AvgIpc) is 3.62. The average molecular weight is 689 g/mol. The molecule has 3 aromatic carbocycles. The molecule has 3 aliphatic rings. The van der Waals surface area contributed by atoms with Crippen LogP contribution in [-0.2, 0) is 38.0 Å². The standard InChI is InChI=1S/C37H40N2O11/c1-21(41)38-31-33-32(49-37(2,3)50-33)30(17-40)48-35(31)46-19-28(34(43)45-20-29(42)22-11-5-4-6-12-22)39-36(44)47-18-27-25-15-9-7-13-23(25)24-14-8-10-16-26(24)27/h4-16,27-28,30-33,35,40H,17-20H2,1-3H3,(H,38,41)(H,39,44)/t28-,30+,31+,32-,33+,35-/m0/s1. The zero-order valence-corrected chi connectivity index (χ0v) is 27.9. The van der Waals surface area contributed by atoms with Gasteiger partial charge in [0.05, 0.1) is 13.2 Å². The first-order valence-corrected chi connectivity index (χ1v) is 16.4. The van der Waals surface area contributed by atoms with E-state index in [4.69, 9.17) is 28.4 Å². The molecule has 0 saturated carbocycles. The molecule has 13 nitrogen and oxygen atoms in total. The number of ketones is 1. The summed E-state index contributed by atoms with van der Waals surface area (Å²) in [4.78, 5) is 51.6. The molecule has 2 heterocycles. The van der Waals surface area contributed by atoms with E-state index in [1.54, 1.807) is 44.2 Å². The Morgan fingerprint density at radius 1 is 0.860 bits per heavy atom. The molecule has 3 N–H and O–H groups in total.